The van der Waals surface area contributed by atoms with Crippen molar-refractivity contribution in [3.05, 3.63) is 51.8 Å². The Morgan fingerprint density at radius 1 is 1.22 bits per heavy atom. The number of fused-ring (bicyclic) bond motifs is 4. The second-order valence-electron chi connectivity index (χ2n) is 5.76. The molecule has 0 saturated heterocycles. The largest absolute Gasteiger partial charge is 0.321 e. The summed E-state index contributed by atoms with van der Waals surface area (Å²) < 4.78 is 2.03. The molecule has 1 aliphatic carbocycles. The number of imidazole rings is 1. The highest BCUT2D eigenvalue weighted by Gasteiger charge is 2.16. The van der Waals surface area contributed by atoms with Crippen molar-refractivity contribution in [2.75, 3.05) is 5.32 Å². The first-order chi connectivity index (χ1) is 11.3. The third-order valence-corrected chi connectivity index (χ3v) is 6.09. The molecule has 6 heteroatoms. The molecule has 23 heavy (non-hydrogen) atoms. The minimum absolute atomic E-state index is 0.0603. The maximum Gasteiger partial charge on any atom is 0.265 e. The average molecular weight is 339 g/mol. The molecule has 0 radical (unpaired) electrons. The number of aromatic nitrogens is 2. The van der Waals surface area contributed by atoms with E-state index in [2.05, 4.69) is 22.4 Å². The molecule has 1 aromatic carbocycles. The fourth-order valence-corrected chi connectivity index (χ4v) is 4.90. The second-order valence-corrected chi connectivity index (χ2v) is 7.66. The first kappa shape index (κ1) is 13.3. The SMILES string of the molecule is O=C(Nc1ccc2c(c1)CCC2)c1cc2c(nc3sccn32)s1. The highest BCUT2D eigenvalue weighted by molar-refractivity contribution is 7.21. The van der Waals surface area contributed by atoms with Crippen LogP contribution >= 0.6 is 22.7 Å². The number of anilines is 1. The number of hydrogen-bond donors (Lipinski definition) is 1. The Labute approximate surface area is 140 Å². The van der Waals surface area contributed by atoms with Crippen LogP contribution in [0.1, 0.15) is 27.2 Å². The predicted octanol–water partition coefficient (Wildman–Crippen LogP) is 4.35. The van der Waals surface area contributed by atoms with E-state index in [9.17, 15) is 4.79 Å². The van der Waals surface area contributed by atoms with Gasteiger partial charge in [-0.15, -0.1) is 22.7 Å². The molecular formula is C17H13N3OS2. The first-order valence-electron chi connectivity index (χ1n) is 7.56. The van der Waals surface area contributed by atoms with Gasteiger partial charge in [0.05, 0.1) is 10.4 Å². The van der Waals surface area contributed by atoms with Crippen LogP contribution in [0.25, 0.3) is 15.3 Å². The van der Waals surface area contributed by atoms with E-state index in [1.54, 1.807) is 11.3 Å². The zero-order valence-corrected chi connectivity index (χ0v) is 13.8. The maximum absolute atomic E-state index is 12.5. The molecule has 3 aromatic heterocycles. The Kier molecular flexibility index (Phi) is 2.83. The second kappa shape index (κ2) is 4.91. The number of carbonyl (C=O) groups excluding carboxylic acids is 1. The van der Waals surface area contributed by atoms with Gasteiger partial charge in [-0.2, -0.15) is 0 Å². The molecule has 0 spiro atoms. The Morgan fingerprint density at radius 3 is 3.09 bits per heavy atom. The van der Waals surface area contributed by atoms with Crippen LogP contribution in [-0.4, -0.2) is 15.3 Å². The van der Waals surface area contributed by atoms with Crippen molar-refractivity contribution in [2.24, 2.45) is 0 Å². The van der Waals surface area contributed by atoms with Gasteiger partial charge in [-0.1, -0.05) is 6.07 Å². The molecule has 5 rings (SSSR count). The molecule has 0 saturated carbocycles. The maximum atomic E-state index is 12.5. The van der Waals surface area contributed by atoms with Crippen LogP contribution in [0.3, 0.4) is 0 Å². The van der Waals surface area contributed by atoms with Crippen molar-refractivity contribution in [1.82, 2.24) is 9.38 Å². The summed E-state index contributed by atoms with van der Waals surface area (Å²) in [7, 11) is 0. The molecule has 0 unspecified atom stereocenters. The van der Waals surface area contributed by atoms with Crippen molar-refractivity contribution in [3.63, 3.8) is 0 Å². The quantitative estimate of drug-likeness (QED) is 0.590. The lowest BCUT2D eigenvalue weighted by molar-refractivity contribution is 0.103. The topological polar surface area (TPSA) is 46.4 Å². The van der Waals surface area contributed by atoms with Gasteiger partial charge in [0, 0.05) is 17.3 Å². The molecule has 114 valence electrons. The van der Waals surface area contributed by atoms with Crippen molar-refractivity contribution in [3.8, 4) is 0 Å². The fourth-order valence-electron chi connectivity index (χ4n) is 3.20. The molecule has 1 N–H and O–H groups in total. The van der Waals surface area contributed by atoms with Crippen LogP contribution in [0.2, 0.25) is 0 Å². The average Bonchev–Trinajstić information content (AvgIpc) is 3.27. The van der Waals surface area contributed by atoms with Crippen LogP contribution in [-0.2, 0) is 12.8 Å². The van der Waals surface area contributed by atoms with Gasteiger partial charge in [0.1, 0.15) is 4.83 Å². The number of nitrogens with one attached hydrogen (secondary N) is 1. The van der Waals surface area contributed by atoms with Crippen LogP contribution in [0.5, 0.6) is 0 Å². The molecule has 0 aliphatic heterocycles. The summed E-state index contributed by atoms with van der Waals surface area (Å²) in [4.78, 5) is 19.7. The number of aryl methyl sites for hydroxylation is 2. The summed E-state index contributed by atoms with van der Waals surface area (Å²) >= 11 is 3.05. The Balaban J connectivity index is 1.46. The van der Waals surface area contributed by atoms with E-state index in [1.165, 1.54) is 28.9 Å². The zero-order chi connectivity index (χ0) is 15.4. The molecule has 0 bridgehead atoms. The Bertz CT molecular complexity index is 1060. The number of hydrogen-bond acceptors (Lipinski definition) is 4. The van der Waals surface area contributed by atoms with Gasteiger partial charge >= 0.3 is 0 Å². The highest BCUT2D eigenvalue weighted by Crippen LogP contribution is 2.29. The number of benzene rings is 1. The lowest BCUT2D eigenvalue weighted by Gasteiger charge is -2.06. The monoisotopic (exact) mass is 339 g/mol. The van der Waals surface area contributed by atoms with E-state index in [-0.39, 0.29) is 5.91 Å². The molecule has 0 fully saturated rings. The minimum Gasteiger partial charge on any atom is -0.321 e. The normalized spacial score (nSPS) is 13.7. The van der Waals surface area contributed by atoms with E-state index in [0.717, 1.165) is 33.8 Å². The lowest BCUT2D eigenvalue weighted by atomic mass is 10.1. The molecule has 4 nitrogen and oxygen atoms in total. The highest BCUT2D eigenvalue weighted by atomic mass is 32.1. The molecular weight excluding hydrogens is 326 g/mol. The van der Waals surface area contributed by atoms with E-state index < -0.39 is 0 Å². The first-order valence-corrected chi connectivity index (χ1v) is 9.26. The standard InChI is InChI=1S/C17H13N3OS2/c21-15(18-12-5-4-10-2-1-3-11(10)8-12)14-9-13-16(23-14)19-17-20(13)6-7-22-17/h4-9H,1-3H2,(H,18,21). The number of rotatable bonds is 2. The summed E-state index contributed by atoms with van der Waals surface area (Å²) in [6.07, 6.45) is 5.47. The summed E-state index contributed by atoms with van der Waals surface area (Å²) in [6, 6.07) is 8.17. The van der Waals surface area contributed by atoms with Gasteiger partial charge in [-0.3, -0.25) is 9.20 Å². The van der Waals surface area contributed by atoms with Gasteiger partial charge in [0.2, 0.25) is 0 Å². The number of thiazole rings is 1. The number of carbonyl (C=O) groups is 1. The number of amides is 1. The van der Waals surface area contributed by atoms with Gasteiger partial charge in [0.15, 0.2) is 4.96 Å². The molecule has 3 heterocycles. The van der Waals surface area contributed by atoms with E-state index >= 15 is 0 Å². The van der Waals surface area contributed by atoms with E-state index in [0.29, 0.717) is 4.88 Å². The predicted molar refractivity (Wildman–Crippen MR) is 94.9 cm³/mol. The third-order valence-electron chi connectivity index (χ3n) is 4.32. The zero-order valence-electron chi connectivity index (χ0n) is 12.2. The fraction of sp³-hybridized carbons (Fsp3) is 0.176. The molecule has 4 aromatic rings. The number of nitrogens with zero attached hydrogens (tertiary/aromatic N) is 2. The Morgan fingerprint density at radius 2 is 2.13 bits per heavy atom. The summed E-state index contributed by atoms with van der Waals surface area (Å²) in [5, 5.41) is 5.02. The van der Waals surface area contributed by atoms with Gasteiger partial charge in [-0.25, -0.2) is 4.98 Å². The van der Waals surface area contributed by atoms with Crippen LogP contribution in [0, 0.1) is 0 Å². The van der Waals surface area contributed by atoms with Crippen molar-refractivity contribution in [1.29, 1.82) is 0 Å². The Hall–Kier alpha value is -2.18. The van der Waals surface area contributed by atoms with Crippen molar-refractivity contribution < 1.29 is 4.79 Å². The van der Waals surface area contributed by atoms with Gasteiger partial charge in [0.25, 0.3) is 5.91 Å². The molecule has 0 atom stereocenters. The van der Waals surface area contributed by atoms with Crippen LogP contribution < -0.4 is 5.32 Å². The van der Waals surface area contributed by atoms with Crippen molar-refractivity contribution in [2.45, 2.75) is 19.3 Å². The molecule has 1 amide bonds. The lowest BCUT2D eigenvalue weighted by Crippen LogP contribution is -2.10. The van der Waals surface area contributed by atoms with Gasteiger partial charge in [-0.05, 0) is 48.6 Å². The summed E-state index contributed by atoms with van der Waals surface area (Å²) in [5.74, 6) is -0.0603. The van der Waals surface area contributed by atoms with Crippen LogP contribution in [0.4, 0.5) is 5.69 Å². The minimum atomic E-state index is -0.0603. The third kappa shape index (κ3) is 2.09. The summed E-state index contributed by atoms with van der Waals surface area (Å²) in [5.41, 5.74) is 4.67. The molecule has 1 aliphatic rings. The van der Waals surface area contributed by atoms with E-state index in [4.69, 9.17) is 0 Å². The van der Waals surface area contributed by atoms with E-state index in [1.807, 2.05) is 28.1 Å². The van der Waals surface area contributed by atoms with Gasteiger partial charge < -0.3 is 5.32 Å². The van der Waals surface area contributed by atoms with Crippen molar-refractivity contribution >= 4 is 49.6 Å². The summed E-state index contributed by atoms with van der Waals surface area (Å²) in [6.45, 7) is 0. The van der Waals surface area contributed by atoms with Crippen LogP contribution in [0.15, 0.2) is 35.8 Å². The smallest absolute Gasteiger partial charge is 0.265 e. The number of thiophene rings is 1.